The summed E-state index contributed by atoms with van der Waals surface area (Å²) in [6.07, 6.45) is 3.54. The highest BCUT2D eigenvalue weighted by atomic mass is 19.1. The monoisotopic (exact) mass is 251 g/mol. The fourth-order valence-electron chi connectivity index (χ4n) is 2.14. The van der Waals surface area contributed by atoms with Crippen LogP contribution in [0.1, 0.15) is 11.3 Å². The van der Waals surface area contributed by atoms with E-state index in [9.17, 15) is 4.39 Å². The van der Waals surface area contributed by atoms with Crippen molar-refractivity contribution in [2.24, 2.45) is 0 Å². The van der Waals surface area contributed by atoms with Gasteiger partial charge in [0, 0.05) is 29.8 Å². The van der Waals surface area contributed by atoms with Gasteiger partial charge in [0.1, 0.15) is 17.6 Å². The van der Waals surface area contributed by atoms with Crippen LogP contribution in [0.2, 0.25) is 0 Å². The van der Waals surface area contributed by atoms with Gasteiger partial charge in [-0.1, -0.05) is 0 Å². The molecule has 0 radical (unpaired) electrons. The predicted molar refractivity (Wildman–Crippen MR) is 70.0 cm³/mol. The lowest BCUT2D eigenvalue weighted by Gasteiger charge is -2.05. The lowest BCUT2D eigenvalue weighted by molar-refractivity contribution is 0.629. The van der Waals surface area contributed by atoms with Crippen LogP contribution in [0, 0.1) is 17.1 Å². The molecule has 1 aromatic carbocycles. The molecule has 0 spiro atoms. The Bertz CT molecular complexity index is 783. The lowest BCUT2D eigenvalue weighted by Crippen LogP contribution is -1.98. The van der Waals surface area contributed by atoms with Crippen LogP contribution in [0.15, 0.2) is 48.8 Å². The first-order valence-electron chi connectivity index (χ1n) is 5.86. The minimum atomic E-state index is -0.235. The number of nitrogens with zero attached hydrogens (tertiary/aromatic N) is 3. The number of fused-ring (bicyclic) bond motifs is 1. The van der Waals surface area contributed by atoms with Crippen LogP contribution in [0.5, 0.6) is 0 Å². The van der Waals surface area contributed by atoms with Crippen molar-refractivity contribution in [3.05, 3.63) is 65.9 Å². The molecular formula is C15H10FN3. The first-order valence-corrected chi connectivity index (χ1v) is 5.86. The Morgan fingerprint density at radius 1 is 1.21 bits per heavy atom. The van der Waals surface area contributed by atoms with Crippen molar-refractivity contribution in [1.82, 2.24) is 9.55 Å². The first kappa shape index (κ1) is 11.4. The molecule has 0 aliphatic rings. The zero-order valence-electron chi connectivity index (χ0n) is 10.0. The Kier molecular flexibility index (Phi) is 2.73. The third-order valence-electron chi connectivity index (χ3n) is 3.02. The summed E-state index contributed by atoms with van der Waals surface area (Å²) in [4.78, 5) is 3.94. The summed E-state index contributed by atoms with van der Waals surface area (Å²) in [7, 11) is 0. The smallest absolute Gasteiger partial charge is 0.140 e. The van der Waals surface area contributed by atoms with E-state index in [0.29, 0.717) is 12.2 Å². The Labute approximate surface area is 109 Å². The van der Waals surface area contributed by atoms with E-state index in [1.54, 1.807) is 18.3 Å². The van der Waals surface area contributed by atoms with Crippen LogP contribution < -0.4 is 0 Å². The van der Waals surface area contributed by atoms with E-state index >= 15 is 0 Å². The van der Waals surface area contributed by atoms with Gasteiger partial charge in [-0.15, -0.1) is 0 Å². The summed E-state index contributed by atoms with van der Waals surface area (Å²) < 4.78 is 15.1. The van der Waals surface area contributed by atoms with E-state index in [1.165, 1.54) is 12.1 Å². The van der Waals surface area contributed by atoms with E-state index in [2.05, 4.69) is 4.98 Å². The fraction of sp³-hybridized carbons (Fsp3) is 0.0667. The number of pyridine rings is 1. The maximum absolute atomic E-state index is 13.1. The summed E-state index contributed by atoms with van der Waals surface area (Å²) in [5.74, 6) is -0.235. The van der Waals surface area contributed by atoms with E-state index in [1.807, 2.05) is 29.0 Å². The van der Waals surface area contributed by atoms with Gasteiger partial charge in [0.2, 0.25) is 0 Å². The van der Waals surface area contributed by atoms with Gasteiger partial charge < -0.3 is 4.57 Å². The molecule has 0 atom stereocenters. The molecule has 0 bridgehead atoms. The number of rotatable bonds is 2. The van der Waals surface area contributed by atoms with Gasteiger partial charge in [-0.2, -0.15) is 5.26 Å². The summed E-state index contributed by atoms with van der Waals surface area (Å²) in [6.45, 7) is 0.631. The van der Waals surface area contributed by atoms with Gasteiger partial charge in [-0.3, -0.25) is 0 Å². The van der Waals surface area contributed by atoms with Gasteiger partial charge >= 0.3 is 0 Å². The Hall–Kier alpha value is -2.67. The molecule has 4 heteroatoms. The van der Waals surface area contributed by atoms with E-state index in [0.717, 1.165) is 16.5 Å². The van der Waals surface area contributed by atoms with Crippen LogP contribution >= 0.6 is 0 Å². The molecule has 0 aliphatic heterocycles. The second kappa shape index (κ2) is 4.54. The minimum Gasteiger partial charge on any atom is -0.343 e. The van der Waals surface area contributed by atoms with Gasteiger partial charge in [0.25, 0.3) is 0 Å². The van der Waals surface area contributed by atoms with Crippen molar-refractivity contribution < 1.29 is 4.39 Å². The minimum absolute atomic E-state index is 0.235. The van der Waals surface area contributed by atoms with Crippen LogP contribution in [0.3, 0.4) is 0 Å². The molecule has 0 saturated heterocycles. The van der Waals surface area contributed by atoms with Crippen molar-refractivity contribution in [3.63, 3.8) is 0 Å². The fourth-order valence-corrected chi connectivity index (χ4v) is 2.14. The lowest BCUT2D eigenvalue weighted by atomic mass is 10.2. The van der Waals surface area contributed by atoms with Crippen LogP contribution in [-0.2, 0) is 6.54 Å². The predicted octanol–water partition coefficient (Wildman–Crippen LogP) is 3.10. The molecular weight excluding hydrogens is 241 g/mol. The summed E-state index contributed by atoms with van der Waals surface area (Å²) in [6, 6.07) is 12.3. The number of halogens is 1. The highest BCUT2D eigenvalue weighted by molar-refractivity contribution is 5.80. The second-order valence-corrected chi connectivity index (χ2v) is 4.31. The Balaban J connectivity index is 1.99. The maximum Gasteiger partial charge on any atom is 0.140 e. The Morgan fingerprint density at radius 2 is 2.11 bits per heavy atom. The quantitative estimate of drug-likeness (QED) is 0.702. The molecule has 92 valence electrons. The molecule has 0 N–H and O–H groups in total. The van der Waals surface area contributed by atoms with Crippen LogP contribution in [0.25, 0.3) is 10.9 Å². The van der Waals surface area contributed by atoms with E-state index in [4.69, 9.17) is 5.26 Å². The van der Waals surface area contributed by atoms with Crippen molar-refractivity contribution in [1.29, 1.82) is 5.26 Å². The highest BCUT2D eigenvalue weighted by Crippen LogP contribution is 2.18. The molecule has 3 rings (SSSR count). The van der Waals surface area contributed by atoms with Crippen LogP contribution in [-0.4, -0.2) is 9.55 Å². The number of benzene rings is 1. The summed E-state index contributed by atoms with van der Waals surface area (Å²) in [5, 5.41) is 9.70. The second-order valence-electron chi connectivity index (χ2n) is 4.31. The van der Waals surface area contributed by atoms with Crippen molar-refractivity contribution in [2.75, 3.05) is 0 Å². The average Bonchev–Trinajstić information content (AvgIpc) is 2.81. The zero-order chi connectivity index (χ0) is 13.2. The summed E-state index contributed by atoms with van der Waals surface area (Å²) in [5.41, 5.74) is 2.37. The summed E-state index contributed by atoms with van der Waals surface area (Å²) >= 11 is 0. The van der Waals surface area contributed by atoms with E-state index < -0.39 is 0 Å². The third-order valence-corrected chi connectivity index (χ3v) is 3.02. The van der Waals surface area contributed by atoms with Crippen LogP contribution in [0.4, 0.5) is 4.39 Å². The average molecular weight is 251 g/mol. The largest absolute Gasteiger partial charge is 0.343 e. The Morgan fingerprint density at radius 3 is 2.95 bits per heavy atom. The number of hydrogen-bond donors (Lipinski definition) is 0. The third kappa shape index (κ3) is 2.18. The standard InChI is InChI=1S/C15H10FN3/c16-13-1-2-15-12(8-13)4-6-19(15)10-11-3-5-18-14(7-11)9-17/h1-8H,10H2. The molecule has 3 aromatic rings. The maximum atomic E-state index is 13.1. The van der Waals surface area contributed by atoms with Crippen molar-refractivity contribution in [2.45, 2.75) is 6.54 Å². The highest BCUT2D eigenvalue weighted by Gasteiger charge is 2.04. The van der Waals surface area contributed by atoms with Gasteiger partial charge in [0.05, 0.1) is 0 Å². The normalized spacial score (nSPS) is 10.5. The van der Waals surface area contributed by atoms with Gasteiger partial charge in [0.15, 0.2) is 0 Å². The number of aromatic nitrogens is 2. The van der Waals surface area contributed by atoms with Crippen molar-refractivity contribution in [3.8, 4) is 6.07 Å². The zero-order valence-corrected chi connectivity index (χ0v) is 10.0. The molecule has 2 aromatic heterocycles. The molecule has 3 nitrogen and oxygen atoms in total. The van der Waals surface area contributed by atoms with Gasteiger partial charge in [-0.25, -0.2) is 9.37 Å². The molecule has 0 saturated carbocycles. The first-order chi connectivity index (χ1) is 9.26. The number of nitriles is 1. The van der Waals surface area contributed by atoms with Gasteiger partial charge in [-0.05, 0) is 42.0 Å². The molecule has 0 aliphatic carbocycles. The van der Waals surface area contributed by atoms with E-state index in [-0.39, 0.29) is 5.82 Å². The molecule has 0 unspecified atom stereocenters. The molecule has 2 heterocycles. The molecule has 0 amide bonds. The SMILES string of the molecule is N#Cc1cc(Cn2ccc3cc(F)ccc32)ccn1. The topological polar surface area (TPSA) is 41.6 Å². The van der Waals surface area contributed by atoms with Crippen molar-refractivity contribution >= 4 is 10.9 Å². The number of hydrogen-bond acceptors (Lipinski definition) is 2. The molecule has 19 heavy (non-hydrogen) atoms. The molecule has 0 fully saturated rings.